The van der Waals surface area contributed by atoms with Crippen LogP contribution in [0.4, 0.5) is 11.4 Å². The molecule has 3 amide bonds. The van der Waals surface area contributed by atoms with Gasteiger partial charge in [0.1, 0.15) is 11.4 Å². The lowest BCUT2D eigenvalue weighted by Crippen LogP contribution is -2.30. The summed E-state index contributed by atoms with van der Waals surface area (Å²) in [6.45, 7) is 6.39. The van der Waals surface area contributed by atoms with E-state index in [2.05, 4.69) is 16.0 Å². The van der Waals surface area contributed by atoms with Crippen LogP contribution in [-0.4, -0.2) is 30.1 Å². The molecule has 0 atom stereocenters. The van der Waals surface area contributed by atoms with Gasteiger partial charge in [0.05, 0.1) is 12.4 Å². The van der Waals surface area contributed by atoms with Crippen LogP contribution in [0.2, 0.25) is 0 Å². The molecule has 4 aromatic carbocycles. The molecule has 0 saturated heterocycles. The number of benzene rings is 4. The van der Waals surface area contributed by atoms with Crippen molar-refractivity contribution in [3.8, 4) is 5.75 Å². The van der Waals surface area contributed by atoms with E-state index in [0.29, 0.717) is 23.6 Å². The summed E-state index contributed by atoms with van der Waals surface area (Å²) in [4.78, 5) is 39.7. The lowest BCUT2D eigenvalue weighted by molar-refractivity contribution is -0.114. The molecule has 0 aliphatic carbocycles. The molecule has 7 nitrogen and oxygen atoms in total. The van der Waals surface area contributed by atoms with Crippen LogP contribution < -0.4 is 20.7 Å². The summed E-state index contributed by atoms with van der Waals surface area (Å²) in [5.41, 5.74) is 4.63. The average Bonchev–Trinajstić information content (AvgIpc) is 2.99. The largest absolute Gasteiger partial charge is 0.494 e. The van der Waals surface area contributed by atoms with Gasteiger partial charge in [0, 0.05) is 21.8 Å². The summed E-state index contributed by atoms with van der Waals surface area (Å²) >= 11 is 1.36. The number of carbonyl (C=O) groups is 3. The molecule has 8 heteroatoms. The molecule has 0 saturated carbocycles. The highest BCUT2D eigenvalue weighted by atomic mass is 32.2. The van der Waals surface area contributed by atoms with E-state index in [1.807, 2.05) is 63.2 Å². The summed E-state index contributed by atoms with van der Waals surface area (Å²) < 4.78 is 5.50. The monoisotopic (exact) mass is 579 g/mol. The van der Waals surface area contributed by atoms with E-state index in [-0.39, 0.29) is 17.4 Å². The van der Waals surface area contributed by atoms with Crippen molar-refractivity contribution < 1.29 is 19.1 Å². The minimum absolute atomic E-state index is 0.0824. The Morgan fingerprint density at radius 3 is 2.33 bits per heavy atom. The molecule has 0 heterocycles. The molecule has 3 N–H and O–H groups in total. The van der Waals surface area contributed by atoms with Crippen molar-refractivity contribution in [3.05, 3.63) is 125 Å². The number of hydrogen-bond acceptors (Lipinski definition) is 5. The first-order valence-electron chi connectivity index (χ1n) is 13.5. The highest BCUT2D eigenvalue weighted by Crippen LogP contribution is 2.23. The van der Waals surface area contributed by atoms with Crippen molar-refractivity contribution in [1.82, 2.24) is 5.32 Å². The van der Waals surface area contributed by atoms with E-state index in [9.17, 15) is 14.4 Å². The van der Waals surface area contributed by atoms with Gasteiger partial charge < -0.3 is 20.7 Å². The van der Waals surface area contributed by atoms with Crippen LogP contribution >= 0.6 is 11.8 Å². The maximum Gasteiger partial charge on any atom is 0.272 e. The summed E-state index contributed by atoms with van der Waals surface area (Å²) in [5, 5.41) is 8.58. The normalized spacial score (nSPS) is 11.0. The molecule has 0 aliphatic rings. The maximum atomic E-state index is 13.4. The lowest BCUT2D eigenvalue weighted by Gasteiger charge is -2.13. The molecule has 4 rings (SSSR count). The second-order valence-electron chi connectivity index (χ2n) is 9.52. The molecule has 0 unspecified atom stereocenters. The van der Waals surface area contributed by atoms with Gasteiger partial charge in [-0.25, -0.2) is 0 Å². The molecule has 0 aromatic heterocycles. The van der Waals surface area contributed by atoms with Crippen molar-refractivity contribution in [1.29, 1.82) is 0 Å². The van der Waals surface area contributed by atoms with Gasteiger partial charge in [-0.3, -0.25) is 14.4 Å². The third-order valence-corrected chi connectivity index (χ3v) is 7.15. The second kappa shape index (κ2) is 14.7. The van der Waals surface area contributed by atoms with Crippen LogP contribution in [0.3, 0.4) is 0 Å². The van der Waals surface area contributed by atoms with Gasteiger partial charge in [-0.2, -0.15) is 0 Å². The van der Waals surface area contributed by atoms with Gasteiger partial charge in [0.2, 0.25) is 5.91 Å². The molecule has 0 bridgehead atoms. The Morgan fingerprint density at radius 2 is 1.60 bits per heavy atom. The molecule has 0 fully saturated rings. The van der Waals surface area contributed by atoms with Gasteiger partial charge in [-0.05, 0) is 92.1 Å². The minimum Gasteiger partial charge on any atom is -0.494 e. The second-order valence-corrected chi connectivity index (χ2v) is 10.6. The third kappa shape index (κ3) is 8.84. The van der Waals surface area contributed by atoms with Crippen molar-refractivity contribution in [3.63, 3.8) is 0 Å². The van der Waals surface area contributed by atoms with Crippen molar-refractivity contribution in [2.75, 3.05) is 23.0 Å². The maximum absolute atomic E-state index is 13.4. The first-order valence-corrected chi connectivity index (χ1v) is 14.5. The molecule has 214 valence electrons. The summed E-state index contributed by atoms with van der Waals surface area (Å²) in [7, 11) is 0. The fourth-order valence-electron chi connectivity index (χ4n) is 4.00. The quantitative estimate of drug-likeness (QED) is 0.134. The summed E-state index contributed by atoms with van der Waals surface area (Å²) in [6.07, 6.45) is 1.61. The smallest absolute Gasteiger partial charge is 0.272 e. The van der Waals surface area contributed by atoms with E-state index >= 15 is 0 Å². The number of anilines is 2. The highest BCUT2D eigenvalue weighted by molar-refractivity contribution is 8.00. The van der Waals surface area contributed by atoms with Gasteiger partial charge in [-0.15, -0.1) is 11.8 Å². The van der Waals surface area contributed by atoms with Crippen LogP contribution in [0.5, 0.6) is 5.75 Å². The van der Waals surface area contributed by atoms with Gasteiger partial charge in [0.25, 0.3) is 11.8 Å². The number of thioether (sulfide) groups is 1. The first-order chi connectivity index (χ1) is 20.3. The topological polar surface area (TPSA) is 96.5 Å². The van der Waals surface area contributed by atoms with E-state index in [1.54, 1.807) is 60.7 Å². The Bertz CT molecular complexity index is 1580. The number of amides is 3. The molecule has 0 radical (unpaired) electrons. The number of nitrogens with one attached hydrogen (secondary N) is 3. The van der Waals surface area contributed by atoms with Crippen LogP contribution in [0.15, 0.2) is 108 Å². The van der Waals surface area contributed by atoms with E-state index in [1.165, 1.54) is 11.8 Å². The number of rotatable bonds is 11. The molecule has 42 heavy (non-hydrogen) atoms. The predicted octanol–water partition coefficient (Wildman–Crippen LogP) is 6.84. The van der Waals surface area contributed by atoms with Crippen LogP contribution in [0.1, 0.15) is 34.0 Å². The van der Waals surface area contributed by atoms with E-state index in [0.717, 1.165) is 27.3 Å². The molecule has 0 aliphatic heterocycles. The van der Waals surface area contributed by atoms with Gasteiger partial charge in [0.15, 0.2) is 0 Å². The van der Waals surface area contributed by atoms with Crippen molar-refractivity contribution in [2.24, 2.45) is 0 Å². The molecule has 0 spiro atoms. The molecular weight excluding hydrogens is 546 g/mol. The first kappa shape index (κ1) is 30.1. The SMILES string of the molecule is CCOc1ccc(/C=C(/NC(=O)c2ccccc2)C(=O)Nc2cccc(SCC(=O)Nc3cc(C)ccc3C)c2)cc1. The molecule has 4 aromatic rings. The van der Waals surface area contributed by atoms with Gasteiger partial charge in [-0.1, -0.05) is 48.5 Å². The van der Waals surface area contributed by atoms with Crippen molar-refractivity contribution in [2.45, 2.75) is 25.7 Å². The third-order valence-electron chi connectivity index (χ3n) is 6.16. The number of aryl methyl sites for hydroxylation is 2. The van der Waals surface area contributed by atoms with Gasteiger partial charge >= 0.3 is 0 Å². The number of hydrogen-bond donors (Lipinski definition) is 3. The van der Waals surface area contributed by atoms with E-state index < -0.39 is 11.8 Å². The standard InChI is InChI=1S/C34H33N3O4S/c1-4-41-28-17-15-25(16-18-28)20-31(37-33(39)26-9-6-5-7-10-26)34(40)35-27-11-8-12-29(21-27)42-22-32(38)36-30-19-23(2)13-14-24(30)3/h5-21H,4,22H2,1-3H3,(H,35,40)(H,36,38)(H,37,39)/b31-20+. The predicted molar refractivity (Wildman–Crippen MR) is 170 cm³/mol. The zero-order valence-electron chi connectivity index (χ0n) is 23.8. The zero-order valence-corrected chi connectivity index (χ0v) is 24.6. The average molecular weight is 580 g/mol. The minimum atomic E-state index is -0.483. The van der Waals surface area contributed by atoms with Crippen LogP contribution in [-0.2, 0) is 9.59 Å². The number of ether oxygens (including phenoxy) is 1. The Hall–Kier alpha value is -4.82. The summed E-state index contributed by atoms with van der Waals surface area (Å²) in [5.74, 6) is -0.0794. The zero-order chi connectivity index (χ0) is 29.9. The summed E-state index contributed by atoms with van der Waals surface area (Å²) in [6, 6.07) is 29.1. The highest BCUT2D eigenvalue weighted by Gasteiger charge is 2.16. The Labute approximate surface area is 250 Å². The fourth-order valence-corrected chi connectivity index (χ4v) is 4.76. The Balaban J connectivity index is 1.46. The van der Waals surface area contributed by atoms with Crippen LogP contribution in [0, 0.1) is 13.8 Å². The molecular formula is C34H33N3O4S. The Kier molecular flexibility index (Phi) is 10.6. The Morgan fingerprint density at radius 1 is 0.833 bits per heavy atom. The van der Waals surface area contributed by atoms with Crippen LogP contribution in [0.25, 0.3) is 6.08 Å². The number of carbonyl (C=O) groups excluding carboxylic acids is 3. The lowest BCUT2D eigenvalue weighted by atomic mass is 10.1. The van der Waals surface area contributed by atoms with E-state index in [4.69, 9.17) is 4.74 Å². The van der Waals surface area contributed by atoms with Crippen molar-refractivity contribution >= 4 is 46.9 Å². The fraction of sp³-hybridized carbons (Fsp3) is 0.147.